The first-order valence-electron chi connectivity index (χ1n) is 19.7. The number of carbonyl (C=O) groups is 4. The van der Waals surface area contributed by atoms with Gasteiger partial charge in [0, 0.05) is 44.9 Å². The summed E-state index contributed by atoms with van der Waals surface area (Å²) in [6, 6.07) is -1.09. The highest BCUT2D eigenvalue weighted by molar-refractivity contribution is 6.39. The summed E-state index contributed by atoms with van der Waals surface area (Å²) in [4.78, 5) is 57.4. The molecule has 3 heterocycles. The van der Waals surface area contributed by atoms with Gasteiger partial charge in [0.05, 0.1) is 18.3 Å². The smallest absolute Gasteiger partial charge is 0.329 e. The van der Waals surface area contributed by atoms with Gasteiger partial charge in [-0.15, -0.1) is 6.58 Å². The fraction of sp³-hybridized carbons (Fsp3) is 0.762. The average Bonchev–Trinajstić information content (AvgIpc) is 3.14. The molecule has 0 unspecified atom stereocenters. The van der Waals surface area contributed by atoms with Crippen LogP contribution >= 0.6 is 0 Å². The second kappa shape index (κ2) is 20.3. The molecule has 0 spiro atoms. The van der Waals surface area contributed by atoms with Crippen LogP contribution in [0.2, 0.25) is 0 Å². The number of aliphatic hydroxyl groups excluding tert-OH is 1. The molecule has 0 aromatic heterocycles. The molecule has 1 amide bonds. The number of methoxy groups -OCH3 is 2. The highest BCUT2D eigenvalue weighted by Gasteiger charge is 2.56. The van der Waals surface area contributed by atoms with Gasteiger partial charge in [-0.25, -0.2) is 4.79 Å². The zero-order chi connectivity index (χ0) is 39.6. The van der Waals surface area contributed by atoms with Gasteiger partial charge < -0.3 is 34.1 Å². The fourth-order valence-corrected chi connectivity index (χ4v) is 8.40. The molecule has 11 heteroatoms. The third kappa shape index (κ3) is 11.0. The summed E-state index contributed by atoms with van der Waals surface area (Å²) in [6.07, 6.45) is 6.41. The molecular weight excluding hydrogens is 678 g/mol. The predicted octanol–water partition coefficient (Wildman–Crippen LogP) is 5.90. The molecule has 3 aliphatic rings. The minimum atomic E-state index is -2.48. The third-order valence-electron chi connectivity index (χ3n) is 11.8. The lowest BCUT2D eigenvalue weighted by molar-refractivity contribution is -0.302. The van der Waals surface area contributed by atoms with Crippen LogP contribution < -0.4 is 0 Å². The topological polar surface area (TPSA) is 149 Å². The van der Waals surface area contributed by atoms with E-state index in [0.717, 1.165) is 24.0 Å². The van der Waals surface area contributed by atoms with Crippen molar-refractivity contribution < 1.29 is 48.3 Å². The molecule has 3 aliphatic heterocycles. The first-order valence-corrected chi connectivity index (χ1v) is 19.7. The Hall–Kier alpha value is -2.70. The summed E-state index contributed by atoms with van der Waals surface area (Å²) in [5.74, 6) is -7.22. The summed E-state index contributed by atoms with van der Waals surface area (Å²) in [5, 5.41) is 23.6. The van der Waals surface area contributed by atoms with E-state index in [-0.39, 0.29) is 43.4 Å². The van der Waals surface area contributed by atoms with Gasteiger partial charge in [-0.3, -0.25) is 14.4 Å². The molecule has 53 heavy (non-hydrogen) atoms. The van der Waals surface area contributed by atoms with E-state index in [2.05, 4.69) is 26.5 Å². The Morgan fingerprint density at radius 3 is 2.30 bits per heavy atom. The number of hydrogen-bond donors (Lipinski definition) is 2. The fourth-order valence-electron chi connectivity index (χ4n) is 8.40. The summed E-state index contributed by atoms with van der Waals surface area (Å²) in [6.45, 7) is 17.4. The summed E-state index contributed by atoms with van der Waals surface area (Å²) in [7, 11) is 3.07. The third-order valence-corrected chi connectivity index (χ3v) is 11.8. The largest absolute Gasteiger partial charge is 0.456 e. The molecule has 11 nitrogen and oxygen atoms in total. The number of amides is 1. The van der Waals surface area contributed by atoms with Gasteiger partial charge in [0.15, 0.2) is 0 Å². The lowest BCUT2D eigenvalue weighted by atomic mass is 9.82. The van der Waals surface area contributed by atoms with Gasteiger partial charge in [0.1, 0.15) is 24.0 Å². The van der Waals surface area contributed by atoms with Crippen LogP contribution in [-0.2, 0) is 38.1 Å². The van der Waals surface area contributed by atoms with Crippen LogP contribution in [0.4, 0.5) is 0 Å². The number of allylic oxidation sites excluding steroid dienone is 4. The summed E-state index contributed by atoms with van der Waals surface area (Å²) >= 11 is 0. The number of fused-ring (bicyclic) bond motifs is 3. The maximum atomic E-state index is 14.1. The van der Waals surface area contributed by atoms with Crippen molar-refractivity contribution in [2.75, 3.05) is 20.8 Å². The minimum absolute atomic E-state index is 0.0316. The Bertz CT molecular complexity index is 1340. The number of carbonyl (C=O) groups excluding carboxylic acids is 4. The molecule has 0 saturated carbocycles. The highest BCUT2D eigenvalue weighted by Crippen LogP contribution is 2.39. The van der Waals surface area contributed by atoms with Crippen LogP contribution in [0.25, 0.3) is 0 Å². The molecule has 2 bridgehead atoms. The van der Waals surface area contributed by atoms with E-state index in [4.69, 9.17) is 18.9 Å². The van der Waals surface area contributed by atoms with Crippen molar-refractivity contribution >= 4 is 23.4 Å². The van der Waals surface area contributed by atoms with Crippen molar-refractivity contribution in [3.05, 3.63) is 36.0 Å². The molecule has 300 valence electrons. The molecular formula is C42H67NO10. The normalized spacial score (nSPS) is 37.3. The van der Waals surface area contributed by atoms with E-state index in [1.165, 1.54) is 19.1 Å². The number of Topliss-reactive ketones (excluding diaryl/α,β-unsaturated/α-hetero) is 2. The van der Waals surface area contributed by atoms with E-state index in [1.54, 1.807) is 19.9 Å². The number of ketones is 2. The van der Waals surface area contributed by atoms with Crippen LogP contribution in [0, 0.1) is 29.6 Å². The quantitative estimate of drug-likeness (QED) is 0.175. The van der Waals surface area contributed by atoms with Crippen LogP contribution in [0.3, 0.4) is 0 Å². The van der Waals surface area contributed by atoms with Crippen molar-refractivity contribution in [3.63, 3.8) is 0 Å². The average molecular weight is 746 g/mol. The van der Waals surface area contributed by atoms with Gasteiger partial charge >= 0.3 is 5.97 Å². The Morgan fingerprint density at radius 1 is 1.06 bits per heavy atom. The van der Waals surface area contributed by atoms with Gasteiger partial charge in [-0.2, -0.15) is 0 Å². The second-order valence-electron chi connectivity index (χ2n) is 15.9. The first kappa shape index (κ1) is 44.7. The molecule has 0 aliphatic carbocycles. The number of rotatable bonds is 8. The molecule has 2 saturated heterocycles. The number of aliphatic hydroxyl groups is 2. The van der Waals surface area contributed by atoms with Gasteiger partial charge in [-0.1, -0.05) is 58.4 Å². The Balaban J connectivity index is 2.15. The van der Waals surface area contributed by atoms with E-state index in [9.17, 15) is 29.4 Å². The SMILES string of the molecule is C=CC[C@@H]1/C=C(\C)C[C@H](C)C[C@H](OC)[C@H]2O[C@@](O)(C(=O)C(=O)N3CCCC[C@H]3C(=O)O[C@H](/C(C)=C/C(CC)CC)[C@H](C)[C@@H](O)CC1=O)[C@H](C)C[C@@H]2OC. The van der Waals surface area contributed by atoms with Crippen LogP contribution in [0.1, 0.15) is 113 Å². The monoisotopic (exact) mass is 745 g/mol. The minimum Gasteiger partial charge on any atom is -0.456 e. The lowest BCUT2D eigenvalue weighted by Gasteiger charge is -2.47. The number of piperidine rings is 1. The highest BCUT2D eigenvalue weighted by atomic mass is 16.7. The second-order valence-corrected chi connectivity index (χ2v) is 15.9. The maximum absolute atomic E-state index is 14.1. The van der Waals surface area contributed by atoms with E-state index >= 15 is 0 Å². The molecule has 0 aromatic rings. The first-order chi connectivity index (χ1) is 25.1. The van der Waals surface area contributed by atoms with Crippen LogP contribution in [-0.4, -0.2) is 102 Å². The van der Waals surface area contributed by atoms with E-state index in [1.807, 2.05) is 26.8 Å². The maximum Gasteiger partial charge on any atom is 0.329 e. The van der Waals surface area contributed by atoms with Gasteiger partial charge in [0.2, 0.25) is 5.79 Å². The van der Waals surface area contributed by atoms with Crippen molar-refractivity contribution in [1.29, 1.82) is 0 Å². The number of ether oxygens (including phenoxy) is 4. The van der Waals surface area contributed by atoms with Gasteiger partial charge in [-0.05, 0) is 89.0 Å². The van der Waals surface area contributed by atoms with Crippen molar-refractivity contribution in [2.45, 2.75) is 155 Å². The molecule has 0 aromatic carbocycles. The number of hydrogen-bond acceptors (Lipinski definition) is 10. The molecule has 2 N–H and O–H groups in total. The number of esters is 1. The predicted molar refractivity (Wildman–Crippen MR) is 203 cm³/mol. The summed E-state index contributed by atoms with van der Waals surface area (Å²) in [5.41, 5.74) is 1.72. The Morgan fingerprint density at radius 2 is 1.70 bits per heavy atom. The van der Waals surface area contributed by atoms with Crippen molar-refractivity contribution in [1.82, 2.24) is 4.90 Å². The van der Waals surface area contributed by atoms with Crippen LogP contribution in [0.15, 0.2) is 36.0 Å². The molecule has 3 rings (SSSR count). The number of nitrogens with zero attached hydrogens (tertiary/aromatic N) is 1. The summed E-state index contributed by atoms with van der Waals surface area (Å²) < 4.78 is 24.2. The van der Waals surface area contributed by atoms with Gasteiger partial charge in [0.25, 0.3) is 11.7 Å². The molecule has 2 fully saturated rings. The lowest BCUT2D eigenvalue weighted by Crippen LogP contribution is -2.64. The Kier molecular flexibility index (Phi) is 17.1. The van der Waals surface area contributed by atoms with Crippen molar-refractivity contribution in [2.24, 2.45) is 29.6 Å². The standard InChI is InChI=1S/C42H67NO10/c1-11-16-31-20-25(4)19-26(5)21-35(50-9)38-36(51-10)23-28(7)42(49,53-38)39(46)40(47)43-18-15-14-17-32(43)41(48)52-37(27(6)22-30(12-2)13-3)29(8)33(44)24-34(31)45/h11,20,22,26,28-33,35-38,44,49H,1,12-19,21,23-24H2,2-10H3/b25-20+,27-22+/t26-,28+,29+,31+,32-,33-,35-,36-,37+,38+,42+/m0/s1. The number of cyclic esters (lactones) is 1. The zero-order valence-corrected chi connectivity index (χ0v) is 33.7. The van der Waals surface area contributed by atoms with E-state index < -0.39 is 77.8 Å². The van der Waals surface area contributed by atoms with Crippen molar-refractivity contribution in [3.8, 4) is 0 Å². The Labute approximate surface area is 317 Å². The molecule has 11 atom stereocenters. The van der Waals surface area contributed by atoms with Crippen LogP contribution in [0.5, 0.6) is 0 Å². The van der Waals surface area contributed by atoms with E-state index in [0.29, 0.717) is 32.1 Å². The zero-order valence-electron chi connectivity index (χ0n) is 33.7. The molecule has 0 radical (unpaired) electrons.